The summed E-state index contributed by atoms with van der Waals surface area (Å²) in [6.07, 6.45) is 1.88. The fourth-order valence-corrected chi connectivity index (χ4v) is 4.46. The Bertz CT molecular complexity index is 1180. The van der Waals surface area contributed by atoms with Crippen molar-refractivity contribution in [3.05, 3.63) is 64.9 Å². The van der Waals surface area contributed by atoms with E-state index in [9.17, 15) is 4.79 Å². The lowest BCUT2D eigenvalue weighted by atomic mass is 10.0. The van der Waals surface area contributed by atoms with E-state index < -0.39 is 0 Å². The van der Waals surface area contributed by atoms with E-state index >= 15 is 0 Å². The summed E-state index contributed by atoms with van der Waals surface area (Å²) < 4.78 is 9.56. The fourth-order valence-electron chi connectivity index (χ4n) is 4.46. The Morgan fingerprint density at radius 1 is 1.04 bits per heavy atom. The van der Waals surface area contributed by atoms with Crippen LogP contribution < -0.4 is 5.76 Å². The van der Waals surface area contributed by atoms with Gasteiger partial charge in [-0.15, -0.1) is 0 Å². The van der Waals surface area contributed by atoms with Crippen molar-refractivity contribution >= 4 is 22.1 Å². The molecule has 2 aromatic heterocycles. The first-order valence-electron chi connectivity index (χ1n) is 10.0. The van der Waals surface area contributed by atoms with Gasteiger partial charge in [0, 0.05) is 25.7 Å². The van der Waals surface area contributed by atoms with Gasteiger partial charge in [0.1, 0.15) is 5.82 Å². The molecule has 5 rings (SSSR count). The van der Waals surface area contributed by atoms with Gasteiger partial charge in [-0.2, -0.15) is 0 Å². The zero-order chi connectivity index (χ0) is 19.1. The van der Waals surface area contributed by atoms with Gasteiger partial charge in [-0.1, -0.05) is 24.3 Å². The van der Waals surface area contributed by atoms with Gasteiger partial charge in [0.2, 0.25) is 0 Å². The molecule has 0 aliphatic carbocycles. The highest BCUT2D eigenvalue weighted by Gasteiger charge is 2.25. The van der Waals surface area contributed by atoms with Crippen LogP contribution in [0.1, 0.15) is 31.6 Å². The second-order valence-corrected chi connectivity index (χ2v) is 7.47. The summed E-state index contributed by atoms with van der Waals surface area (Å²) in [6, 6.07) is 16.2. The number of hydrogen-bond donors (Lipinski definition) is 0. The number of aromatic nitrogens is 3. The Kier molecular flexibility index (Phi) is 4.28. The van der Waals surface area contributed by atoms with Gasteiger partial charge in [0.25, 0.3) is 0 Å². The zero-order valence-corrected chi connectivity index (χ0v) is 16.0. The highest BCUT2D eigenvalue weighted by atomic mass is 16.4. The van der Waals surface area contributed by atoms with Crippen molar-refractivity contribution in [1.29, 1.82) is 0 Å². The highest BCUT2D eigenvalue weighted by molar-refractivity contribution is 5.76. The molecule has 0 amide bonds. The third kappa shape index (κ3) is 2.85. The predicted molar refractivity (Wildman–Crippen MR) is 109 cm³/mol. The Hall–Kier alpha value is -2.86. The molecule has 2 aromatic carbocycles. The summed E-state index contributed by atoms with van der Waals surface area (Å²) in [5.41, 5.74) is 3.84. The van der Waals surface area contributed by atoms with Crippen LogP contribution in [0.3, 0.4) is 0 Å². The van der Waals surface area contributed by atoms with Gasteiger partial charge in [-0.3, -0.25) is 9.47 Å². The van der Waals surface area contributed by atoms with Crippen molar-refractivity contribution in [1.82, 2.24) is 19.0 Å². The first kappa shape index (κ1) is 17.3. The molecule has 0 saturated carbocycles. The third-order valence-electron chi connectivity index (χ3n) is 5.86. The quantitative estimate of drug-likeness (QED) is 0.544. The summed E-state index contributed by atoms with van der Waals surface area (Å²) in [5, 5.41) is 0. The molecule has 0 spiro atoms. The fraction of sp³-hybridized carbons (Fsp3) is 0.364. The predicted octanol–water partition coefficient (Wildman–Crippen LogP) is 3.80. The minimum atomic E-state index is -0.243. The molecule has 4 aromatic rings. The van der Waals surface area contributed by atoms with E-state index in [2.05, 4.69) is 34.6 Å². The van der Waals surface area contributed by atoms with Gasteiger partial charge < -0.3 is 8.98 Å². The molecular weight excluding hydrogens is 352 g/mol. The average Bonchev–Trinajstić information content (AvgIpc) is 3.24. The number of piperidine rings is 1. The Labute approximate surface area is 163 Å². The molecule has 0 N–H and O–H groups in total. The monoisotopic (exact) mass is 376 g/mol. The van der Waals surface area contributed by atoms with Gasteiger partial charge in [-0.05, 0) is 44.0 Å². The van der Waals surface area contributed by atoms with Crippen LogP contribution in [0.2, 0.25) is 0 Å². The van der Waals surface area contributed by atoms with Crippen LogP contribution >= 0.6 is 0 Å². The van der Waals surface area contributed by atoms with Crippen LogP contribution in [0.4, 0.5) is 0 Å². The maximum absolute atomic E-state index is 12.4. The van der Waals surface area contributed by atoms with Crippen LogP contribution in [0.5, 0.6) is 0 Å². The van der Waals surface area contributed by atoms with Gasteiger partial charge in [0.05, 0.1) is 23.1 Å². The van der Waals surface area contributed by atoms with E-state index in [-0.39, 0.29) is 11.8 Å². The van der Waals surface area contributed by atoms with Crippen molar-refractivity contribution < 1.29 is 4.42 Å². The van der Waals surface area contributed by atoms with Crippen molar-refractivity contribution in [2.24, 2.45) is 0 Å². The smallest absolute Gasteiger partial charge is 0.408 e. The van der Waals surface area contributed by atoms with E-state index in [1.165, 1.54) is 5.52 Å². The number of fused-ring (bicyclic) bond motifs is 2. The number of imidazole rings is 1. The van der Waals surface area contributed by atoms with Crippen molar-refractivity contribution in [2.75, 3.05) is 13.1 Å². The SMILES string of the molecule is CCn1c(CN2CCC(n3c(=O)oc4ccccc43)CC2)nc2ccccc21. The highest BCUT2D eigenvalue weighted by Crippen LogP contribution is 2.27. The topological polar surface area (TPSA) is 56.2 Å². The Morgan fingerprint density at radius 2 is 1.75 bits per heavy atom. The summed E-state index contributed by atoms with van der Waals surface area (Å²) in [6.45, 7) is 5.83. The molecule has 1 saturated heterocycles. The summed E-state index contributed by atoms with van der Waals surface area (Å²) in [5.74, 6) is 0.875. The second kappa shape index (κ2) is 6.95. The Balaban J connectivity index is 1.34. The van der Waals surface area contributed by atoms with E-state index in [1.807, 2.05) is 34.9 Å². The van der Waals surface area contributed by atoms with Crippen LogP contribution in [0, 0.1) is 0 Å². The minimum Gasteiger partial charge on any atom is -0.408 e. The number of nitrogens with zero attached hydrogens (tertiary/aromatic N) is 4. The van der Waals surface area contributed by atoms with Crippen molar-refractivity contribution in [3.8, 4) is 0 Å². The number of rotatable bonds is 4. The van der Waals surface area contributed by atoms with Gasteiger partial charge in [0.15, 0.2) is 5.58 Å². The maximum Gasteiger partial charge on any atom is 0.420 e. The number of likely N-dealkylation sites (tertiary alicyclic amines) is 1. The molecule has 144 valence electrons. The van der Waals surface area contributed by atoms with Crippen LogP contribution in [0.25, 0.3) is 22.1 Å². The number of benzene rings is 2. The molecule has 1 aliphatic heterocycles. The average molecular weight is 376 g/mol. The second-order valence-electron chi connectivity index (χ2n) is 7.47. The maximum atomic E-state index is 12.4. The first-order valence-corrected chi connectivity index (χ1v) is 10.0. The van der Waals surface area contributed by atoms with Crippen molar-refractivity contribution in [3.63, 3.8) is 0 Å². The van der Waals surface area contributed by atoms with Crippen LogP contribution in [-0.4, -0.2) is 32.1 Å². The number of oxazole rings is 1. The van der Waals surface area contributed by atoms with Crippen LogP contribution in [0.15, 0.2) is 57.7 Å². The lowest BCUT2D eigenvalue weighted by Gasteiger charge is -2.32. The molecule has 3 heterocycles. The molecule has 1 aliphatic rings. The number of aryl methyl sites for hydroxylation is 1. The zero-order valence-electron chi connectivity index (χ0n) is 16.0. The lowest BCUT2D eigenvalue weighted by Crippen LogP contribution is -2.36. The molecule has 6 nitrogen and oxygen atoms in total. The summed E-state index contributed by atoms with van der Waals surface area (Å²) in [4.78, 5) is 19.7. The normalized spacial score (nSPS) is 16.3. The minimum absolute atomic E-state index is 0.192. The molecule has 1 fully saturated rings. The largest absolute Gasteiger partial charge is 0.420 e. The molecule has 0 atom stereocenters. The van der Waals surface area contributed by atoms with Crippen LogP contribution in [-0.2, 0) is 13.1 Å². The molecule has 6 heteroatoms. The van der Waals surface area contributed by atoms with E-state index in [0.29, 0.717) is 5.58 Å². The number of hydrogen-bond acceptors (Lipinski definition) is 4. The van der Waals surface area contributed by atoms with E-state index in [1.54, 1.807) is 0 Å². The summed E-state index contributed by atoms with van der Waals surface area (Å²) in [7, 11) is 0. The van der Waals surface area contributed by atoms with E-state index in [4.69, 9.17) is 9.40 Å². The molecule has 0 bridgehead atoms. The van der Waals surface area contributed by atoms with Gasteiger partial charge >= 0.3 is 5.76 Å². The molecule has 28 heavy (non-hydrogen) atoms. The standard InChI is InChI=1S/C22H24N4O2/c1-2-25-18-8-4-3-7-17(18)23-21(25)15-24-13-11-16(12-14-24)26-19-9-5-6-10-20(19)28-22(26)27/h3-10,16H,2,11-15H2,1H3. The molecule has 0 unspecified atom stereocenters. The summed E-state index contributed by atoms with van der Waals surface area (Å²) >= 11 is 0. The lowest BCUT2D eigenvalue weighted by molar-refractivity contribution is 0.172. The molecular formula is C22H24N4O2. The van der Waals surface area contributed by atoms with Crippen molar-refractivity contribution in [2.45, 2.75) is 38.9 Å². The van der Waals surface area contributed by atoms with E-state index in [0.717, 1.165) is 55.9 Å². The third-order valence-corrected chi connectivity index (χ3v) is 5.86. The first-order chi connectivity index (χ1) is 13.7. The number of para-hydroxylation sites is 4. The Morgan fingerprint density at radius 3 is 2.54 bits per heavy atom. The van der Waals surface area contributed by atoms with Gasteiger partial charge in [-0.25, -0.2) is 9.78 Å². The molecule has 0 radical (unpaired) electrons.